The molecule has 0 N–H and O–H groups in total. The van der Waals surface area contributed by atoms with Crippen LogP contribution in [0.1, 0.15) is 42.9 Å². The van der Waals surface area contributed by atoms with Crippen molar-refractivity contribution in [2.24, 2.45) is 0 Å². The highest BCUT2D eigenvalue weighted by Gasteiger charge is 2.32. The Bertz CT molecular complexity index is 818. The summed E-state index contributed by atoms with van der Waals surface area (Å²) >= 11 is 8.00. The summed E-state index contributed by atoms with van der Waals surface area (Å²) in [7, 11) is 0. The zero-order valence-corrected chi connectivity index (χ0v) is 16.1. The van der Waals surface area contributed by atoms with Gasteiger partial charge >= 0.3 is 0 Å². The van der Waals surface area contributed by atoms with Crippen molar-refractivity contribution >= 4 is 29.3 Å². The molecule has 1 aromatic heterocycles. The summed E-state index contributed by atoms with van der Waals surface area (Å²) in [6.07, 6.45) is 4.93. The molecule has 0 unspecified atom stereocenters. The number of anilines is 1. The average molecular weight is 393 g/mol. The monoisotopic (exact) mass is 392 g/mol. The molecule has 1 saturated heterocycles. The van der Waals surface area contributed by atoms with Gasteiger partial charge in [0.15, 0.2) is 11.9 Å². The van der Waals surface area contributed by atoms with Crippen LogP contribution in [0.15, 0.2) is 17.3 Å². The van der Waals surface area contributed by atoms with Crippen molar-refractivity contribution in [3.05, 3.63) is 28.3 Å². The number of aromatic nitrogens is 3. The quantitative estimate of drug-likeness (QED) is 0.716. The molecule has 0 radical (unpaired) electrons. The maximum atomic E-state index is 6.29. The predicted molar refractivity (Wildman–Crippen MR) is 101 cm³/mol. The van der Waals surface area contributed by atoms with Crippen LogP contribution in [-0.2, 0) is 17.1 Å². The van der Waals surface area contributed by atoms with Crippen molar-refractivity contribution in [1.29, 1.82) is 0 Å². The molecule has 1 saturated carbocycles. The second-order valence-corrected chi connectivity index (χ2v) is 8.41. The van der Waals surface area contributed by atoms with Crippen LogP contribution in [0.4, 0.5) is 5.95 Å². The highest BCUT2D eigenvalue weighted by atomic mass is 35.5. The molecular weight excluding hydrogens is 372 g/mol. The third-order valence-corrected chi connectivity index (χ3v) is 6.27. The van der Waals surface area contributed by atoms with Crippen LogP contribution in [-0.4, -0.2) is 34.6 Å². The number of hydrogen-bond donors (Lipinski definition) is 0. The molecule has 1 aromatic carbocycles. The van der Waals surface area contributed by atoms with Gasteiger partial charge in [-0.3, -0.25) is 4.57 Å². The fourth-order valence-electron chi connectivity index (χ4n) is 3.66. The topological polar surface area (TPSA) is 52.4 Å². The maximum Gasteiger partial charge on any atom is 0.228 e. The van der Waals surface area contributed by atoms with Crippen LogP contribution in [0.5, 0.6) is 5.75 Å². The summed E-state index contributed by atoms with van der Waals surface area (Å²) in [6.45, 7) is 3.02. The van der Waals surface area contributed by atoms with Gasteiger partial charge in [-0.1, -0.05) is 23.4 Å². The van der Waals surface area contributed by atoms with Crippen LogP contribution in [0.3, 0.4) is 0 Å². The minimum absolute atomic E-state index is 0.295. The zero-order chi connectivity index (χ0) is 17.5. The Balaban J connectivity index is 1.40. The molecule has 0 atom stereocenters. The summed E-state index contributed by atoms with van der Waals surface area (Å²) in [5.74, 6) is 2.71. The van der Waals surface area contributed by atoms with E-state index in [1.807, 2.05) is 12.1 Å². The Kier molecular flexibility index (Phi) is 4.46. The van der Waals surface area contributed by atoms with E-state index in [4.69, 9.17) is 21.1 Å². The Labute approximate surface area is 161 Å². The molecule has 2 fully saturated rings. The van der Waals surface area contributed by atoms with E-state index in [0.717, 1.165) is 51.8 Å². The van der Waals surface area contributed by atoms with Gasteiger partial charge in [-0.2, -0.15) is 0 Å². The fraction of sp³-hybridized carbons (Fsp3) is 0.556. The van der Waals surface area contributed by atoms with Gasteiger partial charge in [-0.25, -0.2) is 0 Å². The van der Waals surface area contributed by atoms with E-state index in [9.17, 15) is 0 Å². The summed E-state index contributed by atoms with van der Waals surface area (Å²) in [6, 6.07) is 4.46. The summed E-state index contributed by atoms with van der Waals surface area (Å²) in [5, 5.41) is 10.7. The lowest BCUT2D eigenvalue weighted by Crippen LogP contribution is -2.22. The van der Waals surface area contributed by atoms with Crippen molar-refractivity contribution in [2.45, 2.75) is 49.2 Å². The number of hydrogen-bond acceptors (Lipinski definition) is 6. The van der Waals surface area contributed by atoms with Crippen molar-refractivity contribution < 1.29 is 9.47 Å². The number of halogens is 1. The van der Waals surface area contributed by atoms with Crippen molar-refractivity contribution in [3.63, 3.8) is 0 Å². The van der Waals surface area contributed by atoms with Gasteiger partial charge in [-0.15, -0.1) is 10.2 Å². The third-order valence-electron chi connectivity index (χ3n) is 5.06. The molecule has 138 valence electrons. The summed E-state index contributed by atoms with van der Waals surface area (Å²) < 4.78 is 13.4. The van der Waals surface area contributed by atoms with E-state index >= 15 is 0 Å². The van der Waals surface area contributed by atoms with Crippen molar-refractivity contribution in [1.82, 2.24) is 14.8 Å². The van der Waals surface area contributed by atoms with Crippen LogP contribution >= 0.6 is 23.4 Å². The van der Waals surface area contributed by atoms with Crippen molar-refractivity contribution in [2.75, 3.05) is 24.8 Å². The van der Waals surface area contributed by atoms with Gasteiger partial charge in [0.2, 0.25) is 5.95 Å². The Morgan fingerprint density at radius 1 is 1.19 bits per heavy atom. The van der Waals surface area contributed by atoms with E-state index in [1.165, 1.54) is 25.7 Å². The highest BCUT2D eigenvalue weighted by molar-refractivity contribution is 7.98. The van der Waals surface area contributed by atoms with Gasteiger partial charge in [-0.05, 0) is 37.8 Å². The number of benzene rings is 1. The highest BCUT2D eigenvalue weighted by Crippen LogP contribution is 2.43. The van der Waals surface area contributed by atoms with E-state index in [-0.39, 0.29) is 0 Å². The molecule has 6 nitrogen and oxygen atoms in total. The first-order valence-corrected chi connectivity index (χ1v) is 10.5. The molecule has 5 rings (SSSR count). The molecule has 2 aromatic rings. The molecule has 8 heteroatoms. The number of rotatable bonds is 5. The Hall–Kier alpha value is -1.44. The van der Waals surface area contributed by atoms with E-state index in [2.05, 4.69) is 19.7 Å². The van der Waals surface area contributed by atoms with Crippen LogP contribution in [0.25, 0.3) is 0 Å². The van der Waals surface area contributed by atoms with Gasteiger partial charge in [0.25, 0.3) is 0 Å². The van der Waals surface area contributed by atoms with E-state index in [1.54, 1.807) is 11.8 Å². The van der Waals surface area contributed by atoms with E-state index < -0.39 is 0 Å². The second kappa shape index (κ2) is 6.94. The zero-order valence-electron chi connectivity index (χ0n) is 14.5. The van der Waals surface area contributed by atoms with Gasteiger partial charge in [0.05, 0.1) is 6.61 Å². The normalized spacial score (nSPS) is 19.5. The lowest BCUT2D eigenvalue weighted by atomic mass is 10.1. The largest absolute Gasteiger partial charge is 0.467 e. The molecule has 2 aliphatic heterocycles. The molecule has 26 heavy (non-hydrogen) atoms. The molecule has 1 aliphatic carbocycles. The van der Waals surface area contributed by atoms with Crippen LogP contribution < -0.4 is 9.64 Å². The molecule has 0 amide bonds. The standard InChI is InChI=1S/C18H21ClN4O2S/c19-14-7-12-9-24-11-25-16(12)13(8-14)10-26-18-21-20-17(22-5-1-2-6-22)23(18)15-3-4-15/h7-8,15H,1-6,9-11H2. The molecule has 3 heterocycles. The first kappa shape index (κ1) is 16.7. The van der Waals surface area contributed by atoms with Gasteiger partial charge in [0.1, 0.15) is 5.75 Å². The predicted octanol–water partition coefficient (Wildman–Crippen LogP) is 4.03. The summed E-state index contributed by atoms with van der Waals surface area (Å²) in [5.41, 5.74) is 2.11. The molecule has 0 bridgehead atoms. The minimum Gasteiger partial charge on any atom is -0.467 e. The minimum atomic E-state index is 0.295. The lowest BCUT2D eigenvalue weighted by molar-refractivity contribution is -0.0168. The Morgan fingerprint density at radius 3 is 2.85 bits per heavy atom. The average Bonchev–Trinajstić information content (AvgIpc) is 3.17. The van der Waals surface area contributed by atoms with E-state index in [0.29, 0.717) is 19.4 Å². The molecular formula is C18H21ClN4O2S. The summed E-state index contributed by atoms with van der Waals surface area (Å²) in [4.78, 5) is 2.37. The Morgan fingerprint density at radius 2 is 2.04 bits per heavy atom. The van der Waals surface area contributed by atoms with Gasteiger partial charge in [0, 0.05) is 41.0 Å². The van der Waals surface area contributed by atoms with Crippen LogP contribution in [0, 0.1) is 0 Å². The third kappa shape index (κ3) is 3.17. The maximum absolute atomic E-state index is 6.29. The number of nitrogens with zero attached hydrogens (tertiary/aromatic N) is 4. The fourth-order valence-corrected chi connectivity index (χ4v) is 4.89. The van der Waals surface area contributed by atoms with Crippen LogP contribution in [0.2, 0.25) is 5.02 Å². The SMILES string of the molecule is Clc1cc2c(c(CSc3nnc(N4CCCC4)n3C3CC3)c1)OCOC2. The molecule has 0 spiro atoms. The number of ether oxygens (including phenoxy) is 2. The first-order valence-electron chi connectivity index (χ1n) is 9.14. The first-order chi connectivity index (χ1) is 12.8. The van der Waals surface area contributed by atoms with Gasteiger partial charge < -0.3 is 14.4 Å². The second-order valence-electron chi connectivity index (χ2n) is 7.03. The number of thioether (sulfide) groups is 1. The molecule has 3 aliphatic rings. The number of fused-ring (bicyclic) bond motifs is 1. The smallest absolute Gasteiger partial charge is 0.228 e. The van der Waals surface area contributed by atoms with Crippen molar-refractivity contribution in [3.8, 4) is 5.75 Å². The lowest BCUT2D eigenvalue weighted by Gasteiger charge is -2.21.